The van der Waals surface area contributed by atoms with E-state index in [9.17, 15) is 5.11 Å². The third kappa shape index (κ3) is 32.2. The second-order valence-corrected chi connectivity index (χ2v) is 13.4. The summed E-state index contributed by atoms with van der Waals surface area (Å²) in [5.41, 5.74) is 0. The standard InChI is InChI=1S/C39H78NO/c1-4-6-8-10-12-14-16-18-20-22-24-26-28-30-32-34-36-40(3,38-39-41)37-35-33-31-29-27-25-23-21-19-17-15-13-11-9-7-5-2/h18-21,41H,4-17,22-39H2,1-3H3/q+1/b20-18-,21-19-. The van der Waals surface area contributed by atoms with Gasteiger partial charge in [0.25, 0.3) is 0 Å². The van der Waals surface area contributed by atoms with Crippen molar-refractivity contribution in [2.24, 2.45) is 0 Å². The first-order valence-electron chi connectivity index (χ1n) is 18.9. The number of likely N-dealkylation sites (N-methyl/N-ethyl adjacent to an activating group) is 1. The molecule has 0 aromatic carbocycles. The molecule has 0 saturated carbocycles. The highest BCUT2D eigenvalue weighted by Gasteiger charge is 2.19. The maximum atomic E-state index is 9.65. The Morgan fingerprint density at radius 1 is 0.366 bits per heavy atom. The molecule has 0 aliphatic heterocycles. The first-order valence-corrected chi connectivity index (χ1v) is 18.9. The van der Waals surface area contributed by atoms with Crippen LogP contribution in [0.15, 0.2) is 24.3 Å². The van der Waals surface area contributed by atoms with Crippen LogP contribution in [0, 0.1) is 0 Å². The van der Waals surface area contributed by atoms with Crippen molar-refractivity contribution in [3.05, 3.63) is 24.3 Å². The summed E-state index contributed by atoms with van der Waals surface area (Å²) >= 11 is 0. The highest BCUT2D eigenvalue weighted by Crippen LogP contribution is 2.15. The molecule has 0 amide bonds. The molecule has 0 saturated heterocycles. The highest BCUT2D eigenvalue weighted by molar-refractivity contribution is 4.82. The van der Waals surface area contributed by atoms with E-state index in [4.69, 9.17) is 0 Å². The van der Waals surface area contributed by atoms with Crippen molar-refractivity contribution < 1.29 is 9.59 Å². The molecule has 0 rings (SSSR count). The van der Waals surface area contributed by atoms with Gasteiger partial charge in [-0.2, -0.15) is 0 Å². The summed E-state index contributed by atoms with van der Waals surface area (Å²) < 4.78 is 1.07. The van der Waals surface area contributed by atoms with Gasteiger partial charge in [-0.25, -0.2) is 0 Å². The lowest BCUT2D eigenvalue weighted by Gasteiger charge is -2.34. The molecule has 1 N–H and O–H groups in total. The SMILES string of the molecule is CCCCCCCC/C=C\CCCCCCCC[N+](C)(CCO)CCCCCCCC/C=C\CCCCCCCC. The average Bonchev–Trinajstić information content (AvgIpc) is 2.97. The number of hydrogen-bond donors (Lipinski definition) is 1. The summed E-state index contributed by atoms with van der Waals surface area (Å²) in [7, 11) is 2.38. The Morgan fingerprint density at radius 3 is 0.927 bits per heavy atom. The second-order valence-electron chi connectivity index (χ2n) is 13.4. The van der Waals surface area contributed by atoms with E-state index in [2.05, 4.69) is 45.2 Å². The van der Waals surface area contributed by atoms with Crippen LogP contribution in [0.25, 0.3) is 0 Å². The average molecular weight is 577 g/mol. The van der Waals surface area contributed by atoms with Crippen LogP contribution in [0.5, 0.6) is 0 Å². The van der Waals surface area contributed by atoms with Crippen LogP contribution in [-0.4, -0.2) is 42.9 Å². The molecule has 0 aromatic heterocycles. The Balaban J connectivity index is 3.58. The molecule has 0 bridgehead atoms. The van der Waals surface area contributed by atoms with Gasteiger partial charge in [-0.3, -0.25) is 0 Å². The van der Waals surface area contributed by atoms with Crippen molar-refractivity contribution in [2.75, 3.05) is 33.3 Å². The van der Waals surface area contributed by atoms with Crippen LogP contribution in [0.4, 0.5) is 0 Å². The van der Waals surface area contributed by atoms with E-state index in [1.54, 1.807) is 0 Å². The number of aliphatic hydroxyl groups excluding tert-OH is 1. The zero-order chi connectivity index (χ0) is 30.0. The minimum atomic E-state index is 0.329. The molecule has 0 aliphatic carbocycles. The predicted molar refractivity (Wildman–Crippen MR) is 187 cm³/mol. The van der Waals surface area contributed by atoms with Gasteiger partial charge in [-0.15, -0.1) is 0 Å². The molecular weight excluding hydrogens is 498 g/mol. The molecule has 0 aliphatic rings. The molecule has 0 radical (unpaired) electrons. The van der Waals surface area contributed by atoms with E-state index in [-0.39, 0.29) is 0 Å². The maximum Gasteiger partial charge on any atom is 0.102 e. The molecule has 244 valence electrons. The van der Waals surface area contributed by atoms with Gasteiger partial charge in [0.1, 0.15) is 6.54 Å². The number of rotatable bonds is 34. The lowest BCUT2D eigenvalue weighted by Crippen LogP contribution is -2.47. The molecule has 41 heavy (non-hydrogen) atoms. The minimum Gasteiger partial charge on any atom is -0.391 e. The van der Waals surface area contributed by atoms with Crippen LogP contribution in [0.3, 0.4) is 0 Å². The van der Waals surface area contributed by atoms with Crippen molar-refractivity contribution in [1.82, 2.24) is 0 Å². The van der Waals surface area contributed by atoms with E-state index in [0.29, 0.717) is 6.61 Å². The first-order chi connectivity index (χ1) is 20.2. The zero-order valence-electron chi connectivity index (χ0n) is 28.8. The van der Waals surface area contributed by atoms with Gasteiger partial charge in [0.2, 0.25) is 0 Å². The summed E-state index contributed by atoms with van der Waals surface area (Å²) in [6.45, 7) is 8.32. The zero-order valence-corrected chi connectivity index (χ0v) is 28.8. The Morgan fingerprint density at radius 2 is 0.634 bits per heavy atom. The highest BCUT2D eigenvalue weighted by atomic mass is 16.3. The monoisotopic (exact) mass is 577 g/mol. The number of hydrogen-bond acceptors (Lipinski definition) is 1. The molecule has 0 atom stereocenters. The number of quaternary nitrogens is 1. The molecule has 0 spiro atoms. The predicted octanol–water partition coefficient (Wildman–Crippen LogP) is 12.5. The van der Waals surface area contributed by atoms with Crippen LogP contribution in [-0.2, 0) is 0 Å². The van der Waals surface area contributed by atoms with Gasteiger partial charge in [0.15, 0.2) is 0 Å². The van der Waals surface area contributed by atoms with Gasteiger partial charge < -0.3 is 9.59 Å². The smallest absolute Gasteiger partial charge is 0.102 e. The quantitative estimate of drug-likeness (QED) is 0.0459. The Kier molecular flexibility index (Phi) is 33.4. The van der Waals surface area contributed by atoms with Gasteiger partial charge in [-0.05, 0) is 77.0 Å². The Hall–Kier alpha value is -0.600. The minimum absolute atomic E-state index is 0.329. The maximum absolute atomic E-state index is 9.65. The van der Waals surface area contributed by atoms with Gasteiger partial charge >= 0.3 is 0 Å². The number of unbranched alkanes of at least 4 members (excludes halogenated alkanes) is 24. The summed E-state index contributed by atoms with van der Waals surface area (Å²) in [6.07, 6.45) is 48.1. The Bertz CT molecular complexity index is 498. The van der Waals surface area contributed by atoms with Crippen molar-refractivity contribution in [1.29, 1.82) is 0 Å². The van der Waals surface area contributed by atoms with Crippen molar-refractivity contribution in [2.45, 2.75) is 194 Å². The fraction of sp³-hybridized carbons (Fsp3) is 0.897. The molecule has 0 aromatic rings. The topological polar surface area (TPSA) is 20.2 Å². The van der Waals surface area contributed by atoms with E-state index in [1.165, 1.54) is 193 Å². The van der Waals surface area contributed by atoms with Crippen LogP contribution >= 0.6 is 0 Å². The Labute approximate surface area is 260 Å². The molecular formula is C39H78NO+. The fourth-order valence-corrected chi connectivity index (χ4v) is 6.06. The summed E-state index contributed by atoms with van der Waals surface area (Å²) in [4.78, 5) is 0. The van der Waals surface area contributed by atoms with Gasteiger partial charge in [0.05, 0.1) is 26.7 Å². The summed E-state index contributed by atoms with van der Waals surface area (Å²) in [6, 6.07) is 0. The second kappa shape index (κ2) is 33.9. The molecule has 0 heterocycles. The number of allylic oxidation sites excluding steroid dienone is 4. The molecule has 0 fully saturated rings. The van der Waals surface area contributed by atoms with Crippen LogP contribution < -0.4 is 0 Å². The lowest BCUT2D eigenvalue weighted by molar-refractivity contribution is -0.910. The van der Waals surface area contributed by atoms with Crippen LogP contribution in [0.2, 0.25) is 0 Å². The van der Waals surface area contributed by atoms with E-state index < -0.39 is 0 Å². The molecule has 2 nitrogen and oxygen atoms in total. The van der Waals surface area contributed by atoms with Crippen molar-refractivity contribution in [3.63, 3.8) is 0 Å². The van der Waals surface area contributed by atoms with Gasteiger partial charge in [0, 0.05) is 0 Å². The first kappa shape index (κ1) is 40.4. The lowest BCUT2D eigenvalue weighted by atomic mass is 10.1. The largest absolute Gasteiger partial charge is 0.391 e. The van der Waals surface area contributed by atoms with E-state index >= 15 is 0 Å². The van der Waals surface area contributed by atoms with Gasteiger partial charge in [-0.1, -0.05) is 141 Å². The fourth-order valence-electron chi connectivity index (χ4n) is 6.06. The number of aliphatic hydroxyl groups is 1. The van der Waals surface area contributed by atoms with Crippen molar-refractivity contribution in [3.8, 4) is 0 Å². The number of nitrogens with zero attached hydrogens (tertiary/aromatic N) is 1. The third-order valence-corrected chi connectivity index (χ3v) is 9.06. The van der Waals surface area contributed by atoms with Crippen molar-refractivity contribution >= 4 is 0 Å². The van der Waals surface area contributed by atoms with E-state index in [0.717, 1.165) is 11.0 Å². The van der Waals surface area contributed by atoms with E-state index in [1.807, 2.05) is 0 Å². The van der Waals surface area contributed by atoms with Crippen LogP contribution in [0.1, 0.15) is 194 Å². The third-order valence-electron chi connectivity index (χ3n) is 9.06. The normalized spacial score (nSPS) is 12.4. The molecule has 0 unspecified atom stereocenters. The summed E-state index contributed by atoms with van der Waals surface area (Å²) in [5, 5.41) is 9.65. The summed E-state index contributed by atoms with van der Waals surface area (Å²) in [5.74, 6) is 0. The molecule has 2 heteroatoms.